The van der Waals surface area contributed by atoms with Crippen molar-refractivity contribution in [2.24, 2.45) is 29.1 Å². The molecule has 3 heterocycles. The highest BCUT2D eigenvalue weighted by molar-refractivity contribution is 7.90. The van der Waals surface area contributed by atoms with Gasteiger partial charge < -0.3 is 19.1 Å². The normalized spacial score (nSPS) is 29.1. The van der Waals surface area contributed by atoms with Crippen molar-refractivity contribution in [2.45, 2.75) is 128 Å². The van der Waals surface area contributed by atoms with Crippen molar-refractivity contribution >= 4 is 44.4 Å². The van der Waals surface area contributed by atoms with Gasteiger partial charge in [0.15, 0.2) is 5.78 Å². The Morgan fingerprint density at radius 2 is 1.69 bits per heavy atom. The van der Waals surface area contributed by atoms with E-state index in [4.69, 9.17) is 14.2 Å². The highest BCUT2D eigenvalue weighted by atomic mass is 32.2. The van der Waals surface area contributed by atoms with E-state index in [1.165, 1.54) is 4.90 Å². The number of carbonyl (C=O) groups excluding carboxylic acids is 4. The standard InChI is InChI=1S/C41H53F3N4O9S/c1-6-25-18-24(3)12-8-9-13-26-21-40(26,38(52)47-58(53,54)28-16-17-28)22-33(49)32-19-27(56-36-30-15-11-10-14-29(30)35(45-46-36)55-7-2)23-48(32)37(51)31(25)20-34(50)57-39(4,5)41(42,43)44/h9-11,13-15,24-28,31-32H,6-8,12,16-23H2,1-5H3,(H,47,52)/b13-9-/t24-,25+,26+,27+,31-,32-,40+/m0/s1. The number of alkyl halides is 3. The number of amides is 2. The topological polar surface area (TPSA) is 171 Å². The second kappa shape index (κ2) is 16.8. The molecule has 1 saturated heterocycles. The van der Waals surface area contributed by atoms with Crippen molar-refractivity contribution in [3.05, 3.63) is 36.4 Å². The van der Waals surface area contributed by atoms with Crippen LogP contribution in [0.25, 0.3) is 10.8 Å². The quantitative estimate of drug-likeness (QED) is 0.201. The molecular formula is C41H53F3N4O9S. The lowest BCUT2D eigenvalue weighted by molar-refractivity contribution is -0.257. The summed E-state index contributed by atoms with van der Waals surface area (Å²) in [4.78, 5) is 58.1. The number of rotatable bonds is 11. The monoisotopic (exact) mass is 834 g/mol. The number of aromatic nitrogens is 2. The van der Waals surface area contributed by atoms with E-state index in [0.29, 0.717) is 61.8 Å². The summed E-state index contributed by atoms with van der Waals surface area (Å²) in [7, 11) is -3.94. The van der Waals surface area contributed by atoms with Gasteiger partial charge in [0, 0.05) is 12.8 Å². The van der Waals surface area contributed by atoms with E-state index in [9.17, 15) is 40.8 Å². The molecule has 2 amide bonds. The minimum absolute atomic E-state index is 0.0206. The average molecular weight is 835 g/mol. The number of nitrogens with one attached hydrogen (secondary N) is 1. The van der Waals surface area contributed by atoms with Crippen molar-refractivity contribution in [3.8, 4) is 11.8 Å². The molecule has 0 bridgehead atoms. The molecule has 2 aliphatic carbocycles. The number of benzene rings is 1. The van der Waals surface area contributed by atoms with Crippen molar-refractivity contribution < 1.29 is 55.0 Å². The van der Waals surface area contributed by atoms with Crippen LogP contribution in [0.1, 0.15) is 98.8 Å². The summed E-state index contributed by atoms with van der Waals surface area (Å²) in [5.41, 5.74) is -4.19. The first kappa shape index (κ1) is 43.3. The van der Waals surface area contributed by atoms with E-state index in [-0.39, 0.29) is 37.6 Å². The third-order valence-corrected chi connectivity index (χ3v) is 13.9. The largest absolute Gasteiger partial charge is 0.476 e. The van der Waals surface area contributed by atoms with Crippen LogP contribution in [0.4, 0.5) is 13.2 Å². The van der Waals surface area contributed by atoms with Crippen LogP contribution in [-0.2, 0) is 33.9 Å². The van der Waals surface area contributed by atoms with Crippen LogP contribution in [-0.4, -0.2) is 89.4 Å². The minimum atomic E-state index is -4.87. The fraction of sp³-hybridized carbons (Fsp3) is 0.659. The molecule has 1 N–H and O–H groups in total. The molecule has 2 aliphatic heterocycles. The third kappa shape index (κ3) is 9.28. The highest BCUT2D eigenvalue weighted by Gasteiger charge is 2.62. The smallest absolute Gasteiger partial charge is 0.427 e. The number of sulfonamides is 1. The fourth-order valence-corrected chi connectivity index (χ4v) is 9.73. The van der Waals surface area contributed by atoms with Crippen molar-refractivity contribution in [2.75, 3.05) is 13.2 Å². The van der Waals surface area contributed by atoms with E-state index in [2.05, 4.69) is 14.9 Å². The van der Waals surface area contributed by atoms with Crippen LogP contribution in [0.5, 0.6) is 11.8 Å². The van der Waals surface area contributed by atoms with Gasteiger partial charge in [-0.15, -0.1) is 10.2 Å². The van der Waals surface area contributed by atoms with Crippen LogP contribution in [0.15, 0.2) is 36.4 Å². The predicted molar refractivity (Wildman–Crippen MR) is 206 cm³/mol. The first-order valence-corrected chi connectivity index (χ1v) is 21.7. The number of halogens is 3. The van der Waals surface area contributed by atoms with Gasteiger partial charge in [0.05, 0.1) is 53.0 Å². The number of allylic oxidation sites excluding steroid dienone is 2. The molecule has 318 valence electrons. The number of ketones is 1. The molecule has 17 heteroatoms. The number of ether oxygens (including phenoxy) is 3. The Balaban J connectivity index is 1.37. The first-order chi connectivity index (χ1) is 27.3. The molecule has 2 aromatic rings. The molecular weight excluding hydrogens is 782 g/mol. The second-order valence-corrected chi connectivity index (χ2v) is 18.8. The van der Waals surface area contributed by atoms with Gasteiger partial charge in [-0.1, -0.05) is 44.6 Å². The zero-order valence-electron chi connectivity index (χ0n) is 33.5. The lowest BCUT2D eigenvalue weighted by Gasteiger charge is -2.34. The summed E-state index contributed by atoms with van der Waals surface area (Å²) in [6.07, 6.45) is 0.239. The number of hydrogen-bond acceptors (Lipinski definition) is 11. The van der Waals surface area contributed by atoms with Crippen LogP contribution in [0.2, 0.25) is 0 Å². The van der Waals surface area contributed by atoms with Gasteiger partial charge in [0.25, 0.3) is 0 Å². The van der Waals surface area contributed by atoms with Gasteiger partial charge >= 0.3 is 12.1 Å². The number of Topliss-reactive ketones (excluding diaryl/α,β-unsaturated/α-hetero) is 1. The molecule has 6 rings (SSSR count). The Hall–Kier alpha value is -4.28. The Labute approximate surface area is 336 Å². The van der Waals surface area contributed by atoms with Gasteiger partial charge in [-0.25, -0.2) is 8.42 Å². The van der Waals surface area contributed by atoms with E-state index in [1.54, 1.807) is 24.3 Å². The van der Waals surface area contributed by atoms with Gasteiger partial charge in [-0.2, -0.15) is 13.2 Å². The zero-order chi connectivity index (χ0) is 42.2. The molecule has 0 spiro atoms. The first-order valence-electron chi connectivity index (χ1n) is 20.2. The minimum Gasteiger partial charge on any atom is -0.476 e. The van der Waals surface area contributed by atoms with Gasteiger partial charge in [-0.3, -0.25) is 23.9 Å². The lowest BCUT2D eigenvalue weighted by atomic mass is 9.79. The lowest BCUT2D eigenvalue weighted by Crippen LogP contribution is -2.48. The second-order valence-electron chi connectivity index (χ2n) is 16.9. The molecule has 0 unspecified atom stereocenters. The summed E-state index contributed by atoms with van der Waals surface area (Å²) in [6.45, 7) is 7.32. The zero-order valence-corrected chi connectivity index (χ0v) is 34.4. The number of fused-ring (bicyclic) bond motifs is 3. The van der Waals surface area contributed by atoms with Crippen LogP contribution >= 0.6 is 0 Å². The maximum atomic E-state index is 15.0. The van der Waals surface area contributed by atoms with E-state index >= 15 is 0 Å². The highest BCUT2D eigenvalue weighted by Crippen LogP contribution is 2.57. The molecule has 7 atom stereocenters. The molecule has 3 fully saturated rings. The summed E-state index contributed by atoms with van der Waals surface area (Å²) in [6, 6.07) is 5.95. The molecule has 0 radical (unpaired) electrons. The van der Waals surface area contributed by atoms with Crippen LogP contribution in [0.3, 0.4) is 0 Å². The van der Waals surface area contributed by atoms with Crippen molar-refractivity contribution in [1.29, 1.82) is 0 Å². The summed E-state index contributed by atoms with van der Waals surface area (Å²) >= 11 is 0. The molecule has 13 nitrogen and oxygen atoms in total. The van der Waals surface area contributed by atoms with Crippen molar-refractivity contribution in [3.63, 3.8) is 0 Å². The average Bonchev–Trinajstić information content (AvgIpc) is 4.08. The van der Waals surface area contributed by atoms with Gasteiger partial charge in [0.2, 0.25) is 39.2 Å². The van der Waals surface area contributed by atoms with Crippen LogP contribution in [0, 0.1) is 29.1 Å². The molecule has 1 aromatic carbocycles. The molecule has 58 heavy (non-hydrogen) atoms. The maximum absolute atomic E-state index is 15.0. The summed E-state index contributed by atoms with van der Waals surface area (Å²) in [5, 5.41) is 8.97. The maximum Gasteiger partial charge on any atom is 0.427 e. The number of carbonyl (C=O) groups is 4. The summed E-state index contributed by atoms with van der Waals surface area (Å²) in [5.74, 6) is -4.70. The van der Waals surface area contributed by atoms with E-state index < -0.39 is 92.4 Å². The van der Waals surface area contributed by atoms with Crippen molar-refractivity contribution in [1.82, 2.24) is 19.8 Å². The Morgan fingerprint density at radius 1 is 1.02 bits per heavy atom. The molecule has 4 aliphatic rings. The number of nitrogens with zero attached hydrogens (tertiary/aromatic N) is 3. The fourth-order valence-electron chi connectivity index (χ4n) is 8.35. The van der Waals surface area contributed by atoms with E-state index in [1.807, 2.05) is 32.9 Å². The number of esters is 1. The summed E-state index contributed by atoms with van der Waals surface area (Å²) < 4.78 is 86.5. The van der Waals surface area contributed by atoms with E-state index in [0.717, 1.165) is 13.8 Å². The van der Waals surface area contributed by atoms with Gasteiger partial charge in [-0.05, 0) is 89.2 Å². The Kier molecular flexibility index (Phi) is 12.5. The van der Waals surface area contributed by atoms with Gasteiger partial charge in [0.1, 0.15) is 6.10 Å². The van der Waals surface area contributed by atoms with Crippen LogP contribution < -0.4 is 14.2 Å². The molecule has 1 aromatic heterocycles. The molecule has 2 saturated carbocycles. The Morgan fingerprint density at radius 3 is 2.33 bits per heavy atom. The predicted octanol–water partition coefficient (Wildman–Crippen LogP) is 6.24. The third-order valence-electron chi connectivity index (χ3n) is 12.1. The SMILES string of the molecule is CCOc1nnc(O[C@@H]2C[C@H]3C(=O)C[C@]4(C(=O)NS(=O)(=O)C5CC5)C[C@H]4/C=C\CC[C@H](C)C[C@@H](CC)[C@H](CC(=O)OC(C)(C)C(F)(F)F)C(=O)N3C2)c2ccccc12. The Bertz CT molecular complexity index is 2040. The number of hydrogen-bond donors (Lipinski definition) is 1.